The third kappa shape index (κ3) is 3.93. The molecule has 2 heterocycles. The SMILES string of the molecule is Cn1cc(-c2cc(NC(=O)Nc3ccc(C(F)(F)F)cc3)cc3[nH]ccc23)cn1. The fourth-order valence-corrected chi connectivity index (χ4v) is 3.07. The van der Waals surface area contributed by atoms with Gasteiger partial charge in [-0.2, -0.15) is 18.3 Å². The highest BCUT2D eigenvalue weighted by molar-refractivity contribution is 6.04. The summed E-state index contributed by atoms with van der Waals surface area (Å²) in [4.78, 5) is 15.4. The summed E-state index contributed by atoms with van der Waals surface area (Å²) < 4.78 is 39.6. The van der Waals surface area contributed by atoms with E-state index in [1.807, 2.05) is 25.4 Å². The molecule has 0 atom stereocenters. The molecule has 148 valence electrons. The van der Waals surface area contributed by atoms with Crippen LogP contribution >= 0.6 is 0 Å². The van der Waals surface area contributed by atoms with Crippen molar-refractivity contribution in [2.75, 3.05) is 10.6 Å². The highest BCUT2D eigenvalue weighted by atomic mass is 19.4. The Morgan fingerprint density at radius 1 is 1.07 bits per heavy atom. The van der Waals surface area contributed by atoms with Crippen molar-refractivity contribution < 1.29 is 18.0 Å². The van der Waals surface area contributed by atoms with E-state index >= 15 is 0 Å². The summed E-state index contributed by atoms with van der Waals surface area (Å²) in [6.45, 7) is 0. The number of aromatic nitrogens is 3. The number of amides is 2. The molecule has 0 aliphatic carbocycles. The van der Waals surface area contributed by atoms with Gasteiger partial charge >= 0.3 is 12.2 Å². The highest BCUT2D eigenvalue weighted by Crippen LogP contribution is 2.32. The van der Waals surface area contributed by atoms with Gasteiger partial charge in [-0.1, -0.05) is 0 Å². The number of fused-ring (bicyclic) bond motifs is 1. The van der Waals surface area contributed by atoms with E-state index < -0.39 is 17.8 Å². The largest absolute Gasteiger partial charge is 0.416 e. The first-order valence-electron chi connectivity index (χ1n) is 8.65. The van der Waals surface area contributed by atoms with Gasteiger partial charge in [-0.15, -0.1) is 0 Å². The van der Waals surface area contributed by atoms with Gasteiger partial charge in [0.1, 0.15) is 0 Å². The zero-order valence-electron chi connectivity index (χ0n) is 15.2. The molecular weight excluding hydrogens is 383 g/mol. The van der Waals surface area contributed by atoms with Crippen LogP contribution in [0, 0.1) is 0 Å². The van der Waals surface area contributed by atoms with Crippen LogP contribution in [0.5, 0.6) is 0 Å². The number of benzene rings is 2. The van der Waals surface area contributed by atoms with Gasteiger partial charge in [-0.3, -0.25) is 4.68 Å². The summed E-state index contributed by atoms with van der Waals surface area (Å²) in [6, 6.07) is 9.22. The molecule has 0 bridgehead atoms. The molecule has 0 aliphatic heterocycles. The lowest BCUT2D eigenvalue weighted by atomic mass is 10.0. The molecule has 0 unspecified atom stereocenters. The number of carbonyl (C=O) groups excluding carboxylic acids is 1. The average molecular weight is 399 g/mol. The molecule has 0 radical (unpaired) electrons. The first-order chi connectivity index (χ1) is 13.8. The van der Waals surface area contributed by atoms with Crippen molar-refractivity contribution in [1.82, 2.24) is 14.8 Å². The molecule has 2 amide bonds. The molecule has 2 aromatic heterocycles. The van der Waals surface area contributed by atoms with Crippen LogP contribution in [-0.4, -0.2) is 20.8 Å². The van der Waals surface area contributed by atoms with Crippen molar-refractivity contribution >= 4 is 28.3 Å². The summed E-state index contributed by atoms with van der Waals surface area (Å²) >= 11 is 0. The predicted molar refractivity (Wildman–Crippen MR) is 105 cm³/mol. The molecule has 3 N–H and O–H groups in total. The van der Waals surface area contributed by atoms with Gasteiger partial charge in [0.2, 0.25) is 0 Å². The van der Waals surface area contributed by atoms with Gasteiger partial charge in [0.25, 0.3) is 0 Å². The highest BCUT2D eigenvalue weighted by Gasteiger charge is 2.30. The number of halogens is 3. The van der Waals surface area contributed by atoms with E-state index in [1.54, 1.807) is 23.1 Å². The van der Waals surface area contributed by atoms with Crippen LogP contribution in [0.4, 0.5) is 29.3 Å². The number of rotatable bonds is 3. The minimum atomic E-state index is -4.42. The van der Waals surface area contributed by atoms with Gasteiger partial charge in [-0.25, -0.2) is 4.79 Å². The smallest absolute Gasteiger partial charge is 0.361 e. The third-order valence-electron chi connectivity index (χ3n) is 4.41. The van der Waals surface area contributed by atoms with E-state index in [4.69, 9.17) is 0 Å². The number of anilines is 2. The van der Waals surface area contributed by atoms with Gasteiger partial charge < -0.3 is 15.6 Å². The van der Waals surface area contributed by atoms with Crippen molar-refractivity contribution in [2.45, 2.75) is 6.18 Å². The van der Waals surface area contributed by atoms with E-state index in [2.05, 4.69) is 20.7 Å². The van der Waals surface area contributed by atoms with Crippen LogP contribution in [0.25, 0.3) is 22.0 Å². The summed E-state index contributed by atoms with van der Waals surface area (Å²) in [6.07, 6.45) is 0.979. The maximum absolute atomic E-state index is 12.6. The van der Waals surface area contributed by atoms with Crippen LogP contribution < -0.4 is 10.6 Å². The Hall–Kier alpha value is -3.75. The number of alkyl halides is 3. The summed E-state index contributed by atoms with van der Waals surface area (Å²) in [5.41, 5.74) is 2.62. The average Bonchev–Trinajstić information content (AvgIpc) is 3.29. The molecule has 4 rings (SSSR count). The molecule has 0 saturated carbocycles. The van der Waals surface area contributed by atoms with Crippen molar-refractivity contribution in [3.8, 4) is 11.1 Å². The van der Waals surface area contributed by atoms with Crippen molar-refractivity contribution in [1.29, 1.82) is 0 Å². The first-order valence-corrected chi connectivity index (χ1v) is 8.65. The van der Waals surface area contributed by atoms with Crippen molar-refractivity contribution in [2.24, 2.45) is 7.05 Å². The fraction of sp³-hybridized carbons (Fsp3) is 0.100. The number of nitrogens with zero attached hydrogens (tertiary/aromatic N) is 2. The fourth-order valence-electron chi connectivity index (χ4n) is 3.07. The van der Waals surface area contributed by atoms with Gasteiger partial charge in [0.15, 0.2) is 0 Å². The number of H-pyrrole nitrogens is 1. The maximum atomic E-state index is 12.6. The lowest BCUT2D eigenvalue weighted by Crippen LogP contribution is -2.19. The molecule has 0 saturated heterocycles. The lowest BCUT2D eigenvalue weighted by molar-refractivity contribution is -0.137. The van der Waals surface area contributed by atoms with Crippen LogP contribution in [0.1, 0.15) is 5.56 Å². The van der Waals surface area contributed by atoms with Crippen LogP contribution in [0.2, 0.25) is 0 Å². The van der Waals surface area contributed by atoms with Crippen LogP contribution in [0.3, 0.4) is 0 Å². The lowest BCUT2D eigenvalue weighted by Gasteiger charge is -2.11. The predicted octanol–water partition coefficient (Wildman–Crippen LogP) is 5.23. The number of hydrogen-bond donors (Lipinski definition) is 3. The summed E-state index contributed by atoms with van der Waals surface area (Å²) in [5.74, 6) is 0. The van der Waals surface area contributed by atoms with E-state index in [1.165, 1.54) is 12.1 Å². The van der Waals surface area contributed by atoms with E-state index in [0.29, 0.717) is 5.69 Å². The van der Waals surface area contributed by atoms with Crippen LogP contribution in [0.15, 0.2) is 61.1 Å². The number of aromatic amines is 1. The summed E-state index contributed by atoms with van der Waals surface area (Å²) in [7, 11) is 1.82. The Balaban J connectivity index is 1.55. The topological polar surface area (TPSA) is 74.7 Å². The Morgan fingerprint density at radius 2 is 1.79 bits per heavy atom. The molecule has 2 aromatic carbocycles. The quantitative estimate of drug-likeness (QED) is 0.441. The molecule has 0 fully saturated rings. The van der Waals surface area contributed by atoms with Gasteiger partial charge in [0, 0.05) is 47.3 Å². The summed E-state index contributed by atoms with van der Waals surface area (Å²) in [5, 5.41) is 10.4. The van der Waals surface area contributed by atoms with E-state index in [0.717, 1.165) is 34.2 Å². The molecular formula is C20H16F3N5O. The molecule has 0 spiro atoms. The monoisotopic (exact) mass is 399 g/mol. The number of carbonyl (C=O) groups is 1. The van der Waals surface area contributed by atoms with Gasteiger partial charge in [-0.05, 0) is 48.0 Å². The minimum Gasteiger partial charge on any atom is -0.361 e. The van der Waals surface area contributed by atoms with Gasteiger partial charge in [0.05, 0.1) is 11.8 Å². The Labute approximate surface area is 163 Å². The number of aryl methyl sites for hydroxylation is 1. The Morgan fingerprint density at radius 3 is 2.45 bits per heavy atom. The minimum absolute atomic E-state index is 0.254. The van der Waals surface area contributed by atoms with Crippen molar-refractivity contribution in [3.05, 3.63) is 66.6 Å². The van der Waals surface area contributed by atoms with Crippen LogP contribution in [-0.2, 0) is 13.2 Å². The van der Waals surface area contributed by atoms with E-state index in [-0.39, 0.29) is 5.69 Å². The Kier molecular flexibility index (Phi) is 4.50. The zero-order valence-corrected chi connectivity index (χ0v) is 15.2. The molecule has 6 nitrogen and oxygen atoms in total. The number of nitrogens with one attached hydrogen (secondary N) is 3. The maximum Gasteiger partial charge on any atom is 0.416 e. The second kappa shape index (κ2) is 7.01. The second-order valence-electron chi connectivity index (χ2n) is 6.52. The second-order valence-corrected chi connectivity index (χ2v) is 6.52. The third-order valence-corrected chi connectivity index (χ3v) is 4.41. The standard InChI is InChI=1S/C20H16F3N5O/c1-28-11-12(10-25-28)17-8-15(9-18-16(17)6-7-24-18)27-19(29)26-14-4-2-13(3-5-14)20(21,22)23/h2-11,24H,1H3,(H2,26,27,29). The molecule has 29 heavy (non-hydrogen) atoms. The van der Waals surface area contributed by atoms with E-state index in [9.17, 15) is 18.0 Å². The molecule has 4 aromatic rings. The normalized spacial score (nSPS) is 11.6. The number of urea groups is 1. The van der Waals surface area contributed by atoms with Crippen molar-refractivity contribution in [3.63, 3.8) is 0 Å². The molecule has 0 aliphatic rings. The first kappa shape index (κ1) is 18.6. The zero-order chi connectivity index (χ0) is 20.6. The Bertz CT molecular complexity index is 1180. The molecule has 9 heteroatoms. The number of hydrogen-bond acceptors (Lipinski definition) is 2.